The van der Waals surface area contributed by atoms with Crippen LogP contribution in [0.5, 0.6) is 0 Å². The van der Waals surface area contributed by atoms with Crippen LogP contribution in [-0.2, 0) is 0 Å². The number of anilines is 2. The molecule has 5 heteroatoms. The number of thioether (sulfide) groups is 1. The van der Waals surface area contributed by atoms with Gasteiger partial charge in [0, 0.05) is 10.6 Å². The molecular formula is C18H15N3S2. The second kappa shape index (κ2) is 6.45. The van der Waals surface area contributed by atoms with E-state index in [4.69, 9.17) is 12.2 Å². The van der Waals surface area contributed by atoms with Crippen molar-refractivity contribution in [2.45, 2.75) is 18.7 Å². The van der Waals surface area contributed by atoms with Crippen LogP contribution in [0, 0.1) is 25.2 Å². The lowest BCUT2D eigenvalue weighted by atomic mass is 10.1. The summed E-state index contributed by atoms with van der Waals surface area (Å²) in [5, 5.41) is 16.8. The van der Waals surface area contributed by atoms with Crippen molar-refractivity contribution < 1.29 is 0 Å². The molecule has 2 aromatic carbocycles. The molecular weight excluding hydrogens is 322 g/mol. The van der Waals surface area contributed by atoms with Crippen LogP contribution < -0.4 is 10.6 Å². The maximum atomic E-state index is 9.55. The molecule has 1 aliphatic heterocycles. The molecule has 1 aliphatic rings. The molecule has 1 heterocycles. The molecule has 0 radical (unpaired) electrons. The zero-order chi connectivity index (χ0) is 16.4. The molecule has 0 unspecified atom stereocenters. The van der Waals surface area contributed by atoms with Crippen LogP contribution in [-0.4, -0.2) is 4.99 Å². The summed E-state index contributed by atoms with van der Waals surface area (Å²) in [7, 11) is 0. The zero-order valence-corrected chi connectivity index (χ0v) is 14.4. The van der Waals surface area contributed by atoms with Crippen molar-refractivity contribution in [2.75, 3.05) is 10.6 Å². The van der Waals surface area contributed by atoms with E-state index in [-0.39, 0.29) is 0 Å². The van der Waals surface area contributed by atoms with E-state index in [0.717, 1.165) is 26.9 Å². The quantitative estimate of drug-likeness (QED) is 0.459. The van der Waals surface area contributed by atoms with Gasteiger partial charge in [0.1, 0.15) is 16.6 Å². The fourth-order valence-corrected chi connectivity index (χ4v) is 3.63. The molecule has 0 bridgehead atoms. The van der Waals surface area contributed by atoms with Gasteiger partial charge in [-0.3, -0.25) is 0 Å². The van der Waals surface area contributed by atoms with Crippen molar-refractivity contribution in [3.05, 3.63) is 64.2 Å². The molecule has 3 nitrogen and oxygen atoms in total. The van der Waals surface area contributed by atoms with Gasteiger partial charge in [-0.25, -0.2) is 0 Å². The normalized spacial score (nSPS) is 14.5. The van der Waals surface area contributed by atoms with Crippen molar-refractivity contribution in [1.82, 2.24) is 0 Å². The number of para-hydroxylation sites is 1. The van der Waals surface area contributed by atoms with E-state index in [1.165, 1.54) is 17.3 Å². The van der Waals surface area contributed by atoms with Crippen molar-refractivity contribution in [1.29, 1.82) is 5.26 Å². The number of rotatable bonds is 2. The molecule has 2 aromatic rings. The Morgan fingerprint density at radius 2 is 1.96 bits per heavy atom. The summed E-state index contributed by atoms with van der Waals surface area (Å²) in [6.07, 6.45) is 0. The predicted octanol–water partition coefficient (Wildman–Crippen LogP) is 5.00. The van der Waals surface area contributed by atoms with Gasteiger partial charge in [-0.15, -0.1) is 0 Å². The fourth-order valence-electron chi connectivity index (χ4n) is 2.31. The SMILES string of the molecule is Cc1cccc(NC(=S)C(C#N)=C2Nc3ccccc3S2)c1C. The van der Waals surface area contributed by atoms with Gasteiger partial charge in [0.05, 0.1) is 10.7 Å². The molecule has 0 atom stereocenters. The maximum absolute atomic E-state index is 9.55. The van der Waals surface area contributed by atoms with E-state index < -0.39 is 0 Å². The number of hydrogen-bond donors (Lipinski definition) is 2. The lowest BCUT2D eigenvalue weighted by Gasteiger charge is -2.12. The summed E-state index contributed by atoms with van der Waals surface area (Å²) in [5.41, 5.74) is 4.72. The maximum Gasteiger partial charge on any atom is 0.124 e. The summed E-state index contributed by atoms with van der Waals surface area (Å²) in [5.74, 6) is 0. The Hall–Kier alpha value is -2.29. The van der Waals surface area contributed by atoms with Crippen LogP contribution in [0.1, 0.15) is 11.1 Å². The molecule has 23 heavy (non-hydrogen) atoms. The van der Waals surface area contributed by atoms with Crippen LogP contribution in [0.4, 0.5) is 11.4 Å². The monoisotopic (exact) mass is 337 g/mol. The second-order valence-electron chi connectivity index (χ2n) is 5.24. The van der Waals surface area contributed by atoms with Crippen LogP contribution in [0.15, 0.2) is 58.0 Å². The van der Waals surface area contributed by atoms with E-state index >= 15 is 0 Å². The molecule has 0 spiro atoms. The molecule has 3 rings (SSSR count). The summed E-state index contributed by atoms with van der Waals surface area (Å²) >= 11 is 7.00. The number of benzene rings is 2. The highest BCUT2D eigenvalue weighted by Gasteiger charge is 2.21. The fraction of sp³-hybridized carbons (Fsp3) is 0.111. The number of nitrogens with one attached hydrogen (secondary N) is 2. The van der Waals surface area contributed by atoms with E-state index in [0.29, 0.717) is 10.6 Å². The summed E-state index contributed by atoms with van der Waals surface area (Å²) in [6.45, 7) is 4.09. The lowest BCUT2D eigenvalue weighted by molar-refractivity contribution is 1.34. The van der Waals surface area contributed by atoms with Gasteiger partial charge >= 0.3 is 0 Å². The van der Waals surface area contributed by atoms with Gasteiger partial charge in [0.15, 0.2) is 0 Å². The first kappa shape index (κ1) is 15.6. The Kier molecular flexibility index (Phi) is 4.37. The Labute approximate surface area is 145 Å². The molecule has 0 saturated heterocycles. The highest BCUT2D eigenvalue weighted by Crippen LogP contribution is 2.42. The number of nitriles is 1. The molecule has 0 aromatic heterocycles. The van der Waals surface area contributed by atoms with Crippen LogP contribution in [0.2, 0.25) is 0 Å². The van der Waals surface area contributed by atoms with Crippen molar-refractivity contribution in [3.8, 4) is 6.07 Å². The number of aryl methyl sites for hydroxylation is 1. The van der Waals surface area contributed by atoms with E-state index in [2.05, 4.69) is 29.7 Å². The van der Waals surface area contributed by atoms with E-state index in [9.17, 15) is 5.26 Å². The van der Waals surface area contributed by atoms with Gasteiger partial charge in [-0.2, -0.15) is 5.26 Å². The van der Waals surface area contributed by atoms with Crippen LogP contribution in [0.25, 0.3) is 0 Å². The van der Waals surface area contributed by atoms with Gasteiger partial charge in [-0.1, -0.05) is 48.2 Å². The lowest BCUT2D eigenvalue weighted by Crippen LogP contribution is -2.14. The first-order valence-electron chi connectivity index (χ1n) is 7.16. The standard InChI is InChI=1S/C18H15N3S2/c1-11-6-5-8-14(12(11)2)20-17(22)13(10-19)18-21-15-7-3-4-9-16(15)23-18/h3-9,21H,1-2H3,(H,20,22). The van der Waals surface area contributed by atoms with Crippen molar-refractivity contribution >= 4 is 40.3 Å². The molecule has 0 saturated carbocycles. The second-order valence-corrected chi connectivity index (χ2v) is 6.70. The summed E-state index contributed by atoms with van der Waals surface area (Å²) in [6, 6.07) is 16.2. The molecule has 0 aliphatic carbocycles. The topological polar surface area (TPSA) is 47.9 Å². The largest absolute Gasteiger partial charge is 0.348 e. The van der Waals surface area contributed by atoms with Crippen LogP contribution >= 0.6 is 24.0 Å². The number of thiocarbonyl (C=S) groups is 1. The van der Waals surface area contributed by atoms with Gasteiger partial charge in [0.25, 0.3) is 0 Å². The number of hydrogen-bond acceptors (Lipinski definition) is 4. The van der Waals surface area contributed by atoms with E-state index in [1.54, 1.807) is 0 Å². The number of nitrogens with zero attached hydrogens (tertiary/aromatic N) is 1. The third-order valence-corrected chi connectivity index (χ3v) is 5.16. The Morgan fingerprint density at radius 3 is 2.70 bits per heavy atom. The highest BCUT2D eigenvalue weighted by molar-refractivity contribution is 8.03. The van der Waals surface area contributed by atoms with Gasteiger partial charge in [0.2, 0.25) is 0 Å². The first-order chi connectivity index (χ1) is 11.1. The molecule has 114 valence electrons. The van der Waals surface area contributed by atoms with Crippen molar-refractivity contribution in [3.63, 3.8) is 0 Å². The van der Waals surface area contributed by atoms with Crippen LogP contribution in [0.3, 0.4) is 0 Å². The zero-order valence-electron chi connectivity index (χ0n) is 12.8. The van der Waals surface area contributed by atoms with Gasteiger partial charge in [-0.05, 0) is 43.2 Å². The first-order valence-corrected chi connectivity index (χ1v) is 8.38. The minimum atomic E-state index is 0.434. The average Bonchev–Trinajstić information content (AvgIpc) is 2.96. The average molecular weight is 337 g/mol. The van der Waals surface area contributed by atoms with Gasteiger partial charge < -0.3 is 10.6 Å². The molecule has 2 N–H and O–H groups in total. The minimum Gasteiger partial charge on any atom is -0.348 e. The summed E-state index contributed by atoms with van der Waals surface area (Å²) < 4.78 is 0. The Bertz CT molecular complexity index is 836. The van der Waals surface area contributed by atoms with Crippen molar-refractivity contribution in [2.24, 2.45) is 0 Å². The third kappa shape index (κ3) is 3.09. The third-order valence-electron chi connectivity index (χ3n) is 3.77. The Morgan fingerprint density at radius 1 is 1.17 bits per heavy atom. The minimum absolute atomic E-state index is 0.434. The number of fused-ring (bicyclic) bond motifs is 1. The molecule has 0 fully saturated rings. The predicted molar refractivity (Wildman–Crippen MR) is 101 cm³/mol. The Balaban J connectivity index is 1.88. The smallest absolute Gasteiger partial charge is 0.124 e. The summed E-state index contributed by atoms with van der Waals surface area (Å²) in [4.78, 5) is 1.54. The molecule has 0 amide bonds. The van der Waals surface area contributed by atoms with E-state index in [1.807, 2.05) is 43.3 Å². The highest BCUT2D eigenvalue weighted by atomic mass is 32.2.